The lowest BCUT2D eigenvalue weighted by atomic mass is 10.2. The summed E-state index contributed by atoms with van der Waals surface area (Å²) in [5, 5.41) is 11.5. The van der Waals surface area contributed by atoms with Crippen LogP contribution in [0.2, 0.25) is 0 Å². The van der Waals surface area contributed by atoms with Gasteiger partial charge in [0.15, 0.2) is 0 Å². The molecule has 13 heavy (non-hydrogen) atoms. The fourth-order valence-electron chi connectivity index (χ4n) is 0.945. The van der Waals surface area contributed by atoms with Crippen molar-refractivity contribution in [2.24, 2.45) is 5.73 Å². The lowest BCUT2D eigenvalue weighted by molar-refractivity contribution is -0.125. The number of hydroxylamine groups is 2. The molecule has 5 heteroatoms. The summed E-state index contributed by atoms with van der Waals surface area (Å²) >= 11 is 1.90. The third-order valence-electron chi connectivity index (χ3n) is 1.71. The van der Waals surface area contributed by atoms with E-state index in [4.69, 9.17) is 5.73 Å². The summed E-state index contributed by atoms with van der Waals surface area (Å²) in [6.07, 6.45) is 3.80. The summed E-state index contributed by atoms with van der Waals surface area (Å²) in [6, 6.07) is 0. The Morgan fingerprint density at radius 3 is 2.46 bits per heavy atom. The maximum absolute atomic E-state index is 10.9. The van der Waals surface area contributed by atoms with E-state index in [9.17, 15) is 10.0 Å². The molecule has 0 aromatic rings. The topological polar surface area (TPSA) is 69.4 Å². The summed E-state index contributed by atoms with van der Waals surface area (Å²) in [6.45, 7) is 1.03. The van der Waals surface area contributed by atoms with E-state index in [1.54, 1.807) is 0 Å². The first-order chi connectivity index (χ1) is 6.22. The monoisotopic (exact) mass is 299 g/mol. The molecule has 0 radical (unpaired) electrons. The van der Waals surface area contributed by atoms with E-state index in [2.05, 4.69) is 0 Å². The Morgan fingerprint density at radius 2 is 1.92 bits per heavy atom. The minimum absolute atomic E-state index is 0.268. The van der Waals surface area contributed by atoms with Gasteiger partial charge in [-0.2, -0.15) is 0 Å². The molecule has 0 atom stereocenters. The fourth-order valence-corrected chi connectivity index (χ4v) is 1.33. The lowest BCUT2D eigenvalue weighted by Crippen LogP contribution is -2.26. The van der Waals surface area contributed by atoms with Gasteiger partial charge in [-0.05, 0) is 19.4 Å². The van der Waals surface area contributed by atoms with Crippen LogP contribution in [0.5, 0.6) is 0 Å². The molecule has 0 heterocycles. The number of unbranched alkanes of at least 4 members (excludes halogenated alkanes) is 3. The van der Waals surface area contributed by atoms with Crippen molar-refractivity contribution < 1.29 is 4.79 Å². The second kappa shape index (κ2) is 8.71. The van der Waals surface area contributed by atoms with Crippen LogP contribution in [0.25, 0.3) is 0 Å². The largest absolute Gasteiger partial charge is 0.756 e. The summed E-state index contributed by atoms with van der Waals surface area (Å²) in [7, 11) is 0. The molecule has 0 rings (SSSR count). The number of carbonyl (C=O) groups excluding carboxylic acids is 1. The highest BCUT2D eigenvalue weighted by atomic mass is 127. The zero-order valence-electron chi connectivity index (χ0n) is 7.67. The van der Waals surface area contributed by atoms with Crippen molar-refractivity contribution in [3.8, 4) is 0 Å². The van der Waals surface area contributed by atoms with Gasteiger partial charge in [-0.15, -0.1) is 0 Å². The number of hydrogen-bond acceptors (Lipinski definition) is 3. The van der Waals surface area contributed by atoms with Gasteiger partial charge in [-0.3, -0.25) is 4.79 Å². The molecule has 0 aromatic heterocycles. The Bertz CT molecular complexity index is 144. The quantitative estimate of drug-likeness (QED) is 0.333. The third kappa shape index (κ3) is 7.21. The Labute approximate surface area is 92.6 Å². The molecule has 0 spiro atoms. The normalized spacial score (nSPS) is 10.1. The van der Waals surface area contributed by atoms with Gasteiger partial charge in [0.25, 0.3) is 0 Å². The Kier molecular flexibility index (Phi) is 8.79. The number of amides is 1. The number of hydrogen-bond donors (Lipinski definition) is 1. The van der Waals surface area contributed by atoms with Gasteiger partial charge < -0.3 is 16.0 Å². The Hall–Kier alpha value is 0.120. The maximum Gasteiger partial charge on any atom is 0.221 e. The summed E-state index contributed by atoms with van der Waals surface area (Å²) in [4.78, 5) is 10.8. The molecule has 0 aromatic carbocycles. The molecule has 2 N–H and O–H groups in total. The number of carbonyl (C=O) groups is 1. The summed E-state index contributed by atoms with van der Waals surface area (Å²) in [5.41, 5.74) is 5.31. The molecule has 0 unspecified atom stereocenters. The smallest absolute Gasteiger partial charge is 0.221 e. The molecule has 0 aliphatic carbocycles. The minimum Gasteiger partial charge on any atom is -0.756 e. The van der Waals surface area contributed by atoms with E-state index in [1.165, 1.54) is 0 Å². The number of nitrogens with two attached hydrogens (primary N) is 1. The first kappa shape index (κ1) is 13.1. The fraction of sp³-hybridized carbons (Fsp3) is 0.875. The van der Waals surface area contributed by atoms with Crippen LogP contribution in [0.1, 0.15) is 25.7 Å². The Morgan fingerprint density at radius 1 is 1.31 bits per heavy atom. The van der Waals surface area contributed by atoms with Crippen LogP contribution in [-0.4, -0.2) is 28.5 Å². The van der Waals surface area contributed by atoms with E-state index in [1.807, 2.05) is 22.6 Å². The van der Waals surface area contributed by atoms with Gasteiger partial charge in [0.1, 0.15) is 0 Å². The van der Waals surface area contributed by atoms with Crippen LogP contribution in [0, 0.1) is 5.21 Å². The zero-order valence-corrected chi connectivity index (χ0v) is 9.83. The summed E-state index contributed by atoms with van der Waals surface area (Å²) < 4.78 is 0.268. The van der Waals surface area contributed by atoms with Crippen molar-refractivity contribution >= 4 is 28.5 Å². The van der Waals surface area contributed by atoms with Gasteiger partial charge in [0.2, 0.25) is 5.91 Å². The van der Waals surface area contributed by atoms with E-state index in [0.29, 0.717) is 18.2 Å². The summed E-state index contributed by atoms with van der Waals surface area (Å²) in [5.74, 6) is -0.334. The van der Waals surface area contributed by atoms with E-state index in [-0.39, 0.29) is 10.3 Å². The van der Waals surface area contributed by atoms with Gasteiger partial charge in [0.05, 0.1) is 4.43 Å². The van der Waals surface area contributed by atoms with Crippen molar-refractivity contribution in [2.45, 2.75) is 25.7 Å². The van der Waals surface area contributed by atoms with Gasteiger partial charge in [0, 0.05) is 6.54 Å². The van der Waals surface area contributed by atoms with Crippen LogP contribution in [0.4, 0.5) is 0 Å². The standard InChI is InChI=1S/C8H16IN2O2/c9-7-8(12)11(13)6-4-2-1-3-5-10/h1-7,10H2/q-1. The SMILES string of the molecule is NCCCCCCN([O-])C(=O)CI. The first-order valence-electron chi connectivity index (χ1n) is 4.46. The molecule has 1 amide bonds. The molecule has 0 saturated heterocycles. The van der Waals surface area contributed by atoms with Crippen LogP contribution < -0.4 is 5.73 Å². The molecular formula is C8H16IN2O2-. The molecule has 4 nitrogen and oxygen atoms in total. The van der Waals surface area contributed by atoms with Crippen molar-refractivity contribution in [1.29, 1.82) is 0 Å². The van der Waals surface area contributed by atoms with E-state index >= 15 is 0 Å². The van der Waals surface area contributed by atoms with Crippen molar-refractivity contribution in [3.05, 3.63) is 5.21 Å². The van der Waals surface area contributed by atoms with E-state index in [0.717, 1.165) is 25.7 Å². The van der Waals surface area contributed by atoms with Crippen LogP contribution in [0.3, 0.4) is 0 Å². The number of alkyl halides is 1. The molecule has 0 aliphatic heterocycles. The molecule has 0 fully saturated rings. The minimum atomic E-state index is -0.334. The molecule has 0 bridgehead atoms. The predicted molar refractivity (Wildman–Crippen MR) is 61.5 cm³/mol. The van der Waals surface area contributed by atoms with E-state index < -0.39 is 0 Å². The van der Waals surface area contributed by atoms with Crippen LogP contribution in [-0.2, 0) is 4.79 Å². The molecule has 78 valence electrons. The highest BCUT2D eigenvalue weighted by Crippen LogP contribution is 2.01. The van der Waals surface area contributed by atoms with Crippen LogP contribution in [0.15, 0.2) is 0 Å². The van der Waals surface area contributed by atoms with Crippen molar-refractivity contribution in [3.63, 3.8) is 0 Å². The molecule has 0 aliphatic rings. The number of nitrogens with zero attached hydrogens (tertiary/aromatic N) is 1. The van der Waals surface area contributed by atoms with Crippen molar-refractivity contribution in [2.75, 3.05) is 17.5 Å². The van der Waals surface area contributed by atoms with Gasteiger partial charge in [-0.1, -0.05) is 35.4 Å². The second-order valence-corrected chi connectivity index (χ2v) is 3.60. The molecule has 0 saturated carbocycles. The first-order valence-corrected chi connectivity index (χ1v) is 5.98. The lowest BCUT2D eigenvalue weighted by Gasteiger charge is -2.27. The highest BCUT2D eigenvalue weighted by Gasteiger charge is 1.99. The second-order valence-electron chi connectivity index (χ2n) is 2.83. The Balaban J connectivity index is 3.26. The average molecular weight is 299 g/mol. The van der Waals surface area contributed by atoms with Gasteiger partial charge >= 0.3 is 0 Å². The van der Waals surface area contributed by atoms with Crippen LogP contribution >= 0.6 is 22.6 Å². The maximum atomic E-state index is 10.9. The number of rotatable bonds is 7. The van der Waals surface area contributed by atoms with Crippen molar-refractivity contribution in [1.82, 2.24) is 5.06 Å². The predicted octanol–water partition coefficient (Wildman–Crippen LogP) is 1.27. The third-order valence-corrected chi connectivity index (χ3v) is 2.36. The zero-order chi connectivity index (χ0) is 10.1. The number of halogens is 1. The highest BCUT2D eigenvalue weighted by molar-refractivity contribution is 14.1. The van der Waals surface area contributed by atoms with Gasteiger partial charge in [-0.25, -0.2) is 0 Å². The molecular weight excluding hydrogens is 283 g/mol. The average Bonchev–Trinajstić information content (AvgIpc) is 2.16.